The SMILES string of the molecule is CCN(CC)CC.CN1CCCC1=O.C[O-].Cc1ccc(Cl)nc1Cl.Cc1ccc(N(Cc2ccccc2)Cc2ccccc2)nc1C.Cc1ccc(N(Cc2ccccc2)Cc2ccccc2)nc1Cl.Cc1ccc(N)nc1C.[Na+]. The Bertz CT molecular complexity index is 2710. The van der Waals surface area contributed by atoms with Gasteiger partial charge in [-0.15, -0.1) is 0 Å². The molecule has 1 amide bonds. The van der Waals surface area contributed by atoms with Crippen LogP contribution in [-0.2, 0) is 31.0 Å². The third-order valence-corrected chi connectivity index (χ3v) is 13.9. The van der Waals surface area contributed by atoms with E-state index in [0.717, 1.165) is 86.8 Å². The number of amides is 1. The molecule has 0 spiro atoms. The Morgan fingerprint density at radius 2 is 0.827 bits per heavy atom. The van der Waals surface area contributed by atoms with Gasteiger partial charge in [-0.05, 0) is 136 Å². The van der Waals surface area contributed by atoms with Crippen molar-refractivity contribution in [3.05, 3.63) is 241 Å². The number of benzene rings is 4. The summed E-state index contributed by atoms with van der Waals surface area (Å²) in [6, 6.07) is 57.6. The number of likely N-dealkylation sites (tertiary alicyclic amines) is 1. The predicted octanol–water partition coefficient (Wildman–Crippen LogP) is 11.7. The number of carbonyl (C=O) groups excluding carboxylic acids is 1. The molecule has 15 heteroatoms. The molecular formula is C66H83Cl3N9NaO2. The molecule has 0 atom stereocenters. The number of hydrogen-bond acceptors (Lipinski definition) is 10. The van der Waals surface area contributed by atoms with Crippen LogP contribution in [0.5, 0.6) is 0 Å². The van der Waals surface area contributed by atoms with Crippen LogP contribution in [0.25, 0.3) is 0 Å². The van der Waals surface area contributed by atoms with Gasteiger partial charge in [-0.2, -0.15) is 7.11 Å². The molecule has 5 heterocycles. The Morgan fingerprint density at radius 3 is 1.10 bits per heavy atom. The van der Waals surface area contributed by atoms with Gasteiger partial charge in [0.2, 0.25) is 5.91 Å². The van der Waals surface area contributed by atoms with E-state index in [9.17, 15) is 4.79 Å². The van der Waals surface area contributed by atoms with E-state index in [1.165, 1.54) is 53.0 Å². The number of nitrogen functional groups attached to an aromatic ring is 1. The number of aromatic nitrogens is 4. The topological polar surface area (TPSA) is 131 Å². The van der Waals surface area contributed by atoms with Crippen LogP contribution in [0.4, 0.5) is 17.5 Å². The van der Waals surface area contributed by atoms with Crippen LogP contribution in [-0.4, -0.2) is 76.0 Å². The molecule has 8 aromatic rings. The number of pyridine rings is 4. The first kappa shape index (κ1) is 71.2. The smallest absolute Gasteiger partial charge is 0.857 e. The van der Waals surface area contributed by atoms with E-state index in [1.54, 1.807) is 11.0 Å². The summed E-state index contributed by atoms with van der Waals surface area (Å²) in [5.74, 6) is 2.81. The Kier molecular flexibility index (Phi) is 35.5. The minimum atomic E-state index is 0. The van der Waals surface area contributed by atoms with Gasteiger partial charge in [0.15, 0.2) is 0 Å². The van der Waals surface area contributed by atoms with E-state index in [4.69, 9.17) is 50.6 Å². The van der Waals surface area contributed by atoms with E-state index in [1.807, 2.05) is 77.2 Å². The fraction of sp³-hybridized carbons (Fsp3) is 0.318. The number of aryl methyl sites for hydroxylation is 6. The minimum absolute atomic E-state index is 0. The van der Waals surface area contributed by atoms with Gasteiger partial charge < -0.3 is 30.4 Å². The molecule has 4 aromatic heterocycles. The van der Waals surface area contributed by atoms with Crippen molar-refractivity contribution < 1.29 is 39.5 Å². The van der Waals surface area contributed by atoms with Crippen LogP contribution < -0.4 is 50.2 Å². The Labute approximate surface area is 521 Å². The van der Waals surface area contributed by atoms with Crippen LogP contribution in [0.15, 0.2) is 170 Å². The first-order valence-electron chi connectivity index (χ1n) is 27.1. The van der Waals surface area contributed by atoms with Gasteiger partial charge in [0.25, 0.3) is 0 Å². The summed E-state index contributed by atoms with van der Waals surface area (Å²) in [5, 5.41) is 9.72. The van der Waals surface area contributed by atoms with Crippen LogP contribution >= 0.6 is 34.8 Å². The van der Waals surface area contributed by atoms with E-state index < -0.39 is 0 Å². The largest absolute Gasteiger partial charge is 1.00 e. The van der Waals surface area contributed by atoms with Gasteiger partial charge in [0, 0.05) is 57.6 Å². The van der Waals surface area contributed by atoms with Crippen molar-refractivity contribution >= 4 is 58.2 Å². The Balaban J connectivity index is 0.000000355. The molecule has 1 saturated heterocycles. The maximum atomic E-state index is 10.5. The summed E-state index contributed by atoms with van der Waals surface area (Å²) >= 11 is 17.4. The fourth-order valence-electron chi connectivity index (χ4n) is 7.70. The second-order valence-electron chi connectivity index (χ2n) is 18.9. The van der Waals surface area contributed by atoms with Gasteiger partial charge >= 0.3 is 29.6 Å². The first-order valence-corrected chi connectivity index (χ1v) is 28.2. The summed E-state index contributed by atoms with van der Waals surface area (Å²) in [7, 11) is 2.59. The zero-order valence-corrected chi connectivity index (χ0v) is 54.1. The Morgan fingerprint density at radius 1 is 0.481 bits per heavy atom. The van der Waals surface area contributed by atoms with Gasteiger partial charge in [0.05, 0.1) is 0 Å². The average molecular weight is 1160 g/mol. The number of halogens is 3. The normalized spacial score (nSPS) is 10.9. The van der Waals surface area contributed by atoms with Crippen LogP contribution in [0.1, 0.15) is 89.5 Å². The van der Waals surface area contributed by atoms with Crippen molar-refractivity contribution in [2.45, 2.75) is 101 Å². The maximum absolute atomic E-state index is 10.5. The van der Waals surface area contributed by atoms with Crippen molar-refractivity contribution in [2.24, 2.45) is 0 Å². The Hall–Kier alpha value is -5.86. The molecule has 1 aliphatic heterocycles. The molecule has 0 radical (unpaired) electrons. The second kappa shape index (κ2) is 40.4. The third-order valence-electron chi connectivity index (χ3n) is 12.9. The molecule has 1 aliphatic rings. The molecule has 4 aromatic carbocycles. The van der Waals surface area contributed by atoms with Crippen molar-refractivity contribution in [3.63, 3.8) is 0 Å². The molecule has 0 saturated carbocycles. The van der Waals surface area contributed by atoms with Gasteiger partial charge in [-0.1, -0.05) is 201 Å². The summed E-state index contributed by atoms with van der Waals surface area (Å²) < 4.78 is 0. The van der Waals surface area contributed by atoms with Gasteiger partial charge in [0.1, 0.15) is 32.9 Å². The van der Waals surface area contributed by atoms with E-state index in [0.29, 0.717) is 27.2 Å². The van der Waals surface area contributed by atoms with E-state index >= 15 is 0 Å². The fourth-order valence-corrected chi connectivity index (χ4v) is 8.20. The molecule has 426 valence electrons. The molecule has 1 fully saturated rings. The summed E-state index contributed by atoms with van der Waals surface area (Å²) in [6.45, 7) is 26.4. The third kappa shape index (κ3) is 27.6. The number of carbonyl (C=O) groups is 1. The van der Waals surface area contributed by atoms with E-state index in [2.05, 4.69) is 186 Å². The minimum Gasteiger partial charge on any atom is -0.857 e. The van der Waals surface area contributed by atoms with E-state index in [-0.39, 0.29) is 29.6 Å². The summed E-state index contributed by atoms with van der Waals surface area (Å²) in [6.07, 6.45) is 1.81. The molecule has 0 aliphatic carbocycles. The zero-order chi connectivity index (χ0) is 58.8. The molecule has 81 heavy (non-hydrogen) atoms. The number of anilines is 3. The molecule has 0 bridgehead atoms. The van der Waals surface area contributed by atoms with Gasteiger partial charge in [-0.3, -0.25) is 4.79 Å². The van der Waals surface area contributed by atoms with Crippen LogP contribution in [0, 0.1) is 41.5 Å². The molecule has 0 unspecified atom stereocenters. The number of nitrogens with two attached hydrogens (primary N) is 1. The summed E-state index contributed by atoms with van der Waals surface area (Å²) in [4.78, 5) is 36.4. The van der Waals surface area contributed by atoms with Crippen molar-refractivity contribution in [3.8, 4) is 0 Å². The number of hydrogen-bond donors (Lipinski definition) is 1. The maximum Gasteiger partial charge on any atom is 1.00 e. The standard InChI is InChI=1S/C21H22N2.C20H19ClN2.C7H10N2.C6H5Cl2N.C6H15N.C5H9NO.CH3O.Na/c1-17-13-14-21(22-18(17)2)23(15-19-9-5-3-6-10-19)16-20-11-7-4-8-12-20;1-16-12-13-19(22-20(16)21)23(14-17-8-4-2-5-9-17)15-18-10-6-3-7-11-18;1-5-3-4-7(8)9-6(5)2;1-4-2-3-5(7)9-6(4)8;1-4-7(5-2)6-3;1-6-4-2-3-5(6)7;1-2;/h3-14H,15-16H2,1-2H3;2-13H,14-15H2,1H3;3-4H,1-2H3,(H2,8,9);2-3H,1H3;4-6H2,1-3H3;2-4H2,1H3;1H3;/q;;;;;;-1;+1. The predicted molar refractivity (Wildman–Crippen MR) is 337 cm³/mol. The van der Waals surface area contributed by atoms with Gasteiger partial charge in [-0.25, -0.2) is 19.9 Å². The quantitative estimate of drug-likeness (QED) is 0.0879. The van der Waals surface area contributed by atoms with Crippen molar-refractivity contribution in [1.82, 2.24) is 29.7 Å². The summed E-state index contributed by atoms with van der Waals surface area (Å²) in [5.41, 5.74) is 17.0. The monoisotopic (exact) mass is 1160 g/mol. The molecular weight excluding hydrogens is 1080 g/mol. The molecule has 11 nitrogen and oxygen atoms in total. The number of rotatable bonds is 13. The molecule has 9 rings (SSSR count). The first-order chi connectivity index (χ1) is 38.5. The number of nitrogens with zero attached hydrogens (tertiary/aromatic N) is 8. The second-order valence-corrected chi connectivity index (χ2v) is 20.0. The zero-order valence-electron chi connectivity index (χ0n) is 49.8. The van der Waals surface area contributed by atoms with Crippen LogP contribution in [0.2, 0.25) is 15.5 Å². The average Bonchev–Trinajstić information content (AvgIpc) is 3.85. The van der Waals surface area contributed by atoms with Crippen molar-refractivity contribution in [2.75, 3.05) is 55.9 Å². The molecule has 2 N–H and O–H groups in total. The van der Waals surface area contributed by atoms with Crippen molar-refractivity contribution in [1.29, 1.82) is 0 Å². The van der Waals surface area contributed by atoms with Crippen LogP contribution in [0.3, 0.4) is 0 Å².